The fraction of sp³-hybridized carbons (Fsp3) is 0.280. The van der Waals surface area contributed by atoms with Gasteiger partial charge >= 0.3 is 10.3 Å². The predicted octanol–water partition coefficient (Wildman–Crippen LogP) is 6.89. The molecule has 2 bridgehead atoms. The quantitative estimate of drug-likeness (QED) is 0.300. The van der Waals surface area contributed by atoms with Crippen molar-refractivity contribution >= 4 is 61.0 Å². The van der Waals surface area contributed by atoms with E-state index in [1.54, 1.807) is 6.92 Å². The van der Waals surface area contributed by atoms with E-state index >= 15 is 0 Å². The monoisotopic (exact) mass is 631 g/mol. The zero-order chi connectivity index (χ0) is 25.7. The van der Waals surface area contributed by atoms with Gasteiger partial charge in [-0.25, -0.2) is 0 Å². The summed E-state index contributed by atoms with van der Waals surface area (Å²) in [5.74, 6) is 0.397. The zero-order valence-corrected chi connectivity index (χ0v) is 23.6. The van der Waals surface area contributed by atoms with E-state index in [0.29, 0.717) is 12.2 Å². The van der Waals surface area contributed by atoms with Gasteiger partial charge in [-0.05, 0) is 42.8 Å². The number of hydrogen-bond acceptors (Lipinski definition) is 5. The van der Waals surface area contributed by atoms with Crippen molar-refractivity contribution in [1.29, 1.82) is 0 Å². The van der Waals surface area contributed by atoms with Crippen LogP contribution in [0, 0.1) is 0 Å². The Labute approximate surface area is 233 Å². The lowest BCUT2D eigenvalue weighted by Crippen LogP contribution is -2.46. The van der Waals surface area contributed by atoms with Crippen LogP contribution in [0.3, 0.4) is 0 Å². The Morgan fingerprint density at radius 3 is 2.36 bits per heavy atom. The molecular formula is C25H21BrCl3NO5S. The van der Waals surface area contributed by atoms with E-state index in [9.17, 15) is 8.42 Å². The molecule has 3 aromatic rings. The second kappa shape index (κ2) is 9.66. The Hall–Kier alpha value is -1.52. The second-order valence-electron chi connectivity index (χ2n) is 8.73. The predicted molar refractivity (Wildman–Crippen MR) is 143 cm³/mol. The van der Waals surface area contributed by atoms with E-state index in [-0.39, 0.29) is 5.92 Å². The van der Waals surface area contributed by atoms with Gasteiger partial charge in [0.05, 0.1) is 0 Å². The van der Waals surface area contributed by atoms with E-state index in [4.69, 9.17) is 48.5 Å². The number of benzene rings is 3. The van der Waals surface area contributed by atoms with E-state index in [1.165, 1.54) is 0 Å². The molecule has 0 aliphatic carbocycles. The normalized spacial score (nSPS) is 21.5. The first-order chi connectivity index (χ1) is 16.9. The number of halogens is 4. The molecule has 0 fully saturated rings. The Morgan fingerprint density at radius 2 is 1.69 bits per heavy atom. The van der Waals surface area contributed by atoms with Crippen LogP contribution in [-0.2, 0) is 20.3 Å². The van der Waals surface area contributed by atoms with E-state index in [0.717, 1.165) is 32.5 Å². The number of ether oxygens (including phenoxy) is 2. The van der Waals surface area contributed by atoms with E-state index in [2.05, 4.69) is 20.7 Å². The second-order valence-corrected chi connectivity index (χ2v) is 13.5. The highest BCUT2D eigenvalue weighted by molar-refractivity contribution is 9.10. The smallest absolute Gasteiger partial charge is 0.336 e. The molecule has 2 aliphatic heterocycles. The van der Waals surface area contributed by atoms with Crippen LogP contribution < -0.4 is 14.2 Å². The molecule has 0 radical (unpaired) electrons. The van der Waals surface area contributed by atoms with Crippen LogP contribution in [0.2, 0.25) is 0 Å². The average molecular weight is 634 g/mol. The molecule has 0 spiro atoms. The molecule has 0 amide bonds. The van der Waals surface area contributed by atoms with Gasteiger partial charge in [-0.1, -0.05) is 87.1 Å². The number of rotatable bonds is 6. The molecule has 0 saturated carbocycles. The van der Waals surface area contributed by atoms with Crippen molar-refractivity contribution in [3.8, 4) is 11.5 Å². The lowest BCUT2D eigenvalue weighted by atomic mass is 9.78. The van der Waals surface area contributed by atoms with Crippen molar-refractivity contribution in [3.05, 3.63) is 93.5 Å². The molecule has 2 aliphatic rings. The van der Waals surface area contributed by atoms with Gasteiger partial charge in [0, 0.05) is 39.5 Å². The minimum Gasteiger partial charge on any atom is -0.448 e. The van der Waals surface area contributed by atoms with Gasteiger partial charge in [-0.15, -0.1) is 0 Å². The summed E-state index contributed by atoms with van der Waals surface area (Å²) in [6.07, 6.45) is 0.559. The van der Waals surface area contributed by atoms with Gasteiger partial charge in [0.1, 0.15) is 18.1 Å². The van der Waals surface area contributed by atoms with Crippen LogP contribution >= 0.6 is 50.7 Å². The number of nitrogens with one attached hydrogen (secondary N) is 1. The SMILES string of the molecule is CC(NS(=O)(=O)OCC(Cl)(Cl)Cl)c1ccc2c(c1)[C@@H]1C[C@](c3ccccc3)(Oc3ccc(Br)cc31)O2. The van der Waals surface area contributed by atoms with Crippen LogP contribution in [0.4, 0.5) is 0 Å². The standard InChI is InChI=1S/C25H21BrCl3NO5S/c1-15(30-36(31,32)33-14-25(27,28)29)16-7-9-22-19(11-16)21-13-24(34-22,17-5-3-2-4-6-17)35-23-10-8-18(26)12-20(21)23/h2-12,15,21,30H,13-14H2,1H3/t15?,21-,24+/m0/s1. The van der Waals surface area contributed by atoms with Crippen molar-refractivity contribution in [2.45, 2.75) is 34.9 Å². The van der Waals surface area contributed by atoms with E-state index < -0.39 is 32.5 Å². The summed E-state index contributed by atoms with van der Waals surface area (Å²) in [6, 6.07) is 20.8. The fourth-order valence-electron chi connectivity index (χ4n) is 4.59. The molecule has 36 heavy (non-hydrogen) atoms. The topological polar surface area (TPSA) is 73.9 Å². The first-order valence-electron chi connectivity index (χ1n) is 11.0. The number of hydrogen-bond donors (Lipinski definition) is 1. The van der Waals surface area contributed by atoms with E-state index in [1.807, 2.05) is 66.7 Å². The molecule has 1 N–H and O–H groups in total. The molecule has 0 aromatic heterocycles. The summed E-state index contributed by atoms with van der Waals surface area (Å²) in [6.45, 7) is 1.11. The summed E-state index contributed by atoms with van der Waals surface area (Å²) >= 11 is 20.4. The van der Waals surface area contributed by atoms with Crippen molar-refractivity contribution in [1.82, 2.24) is 4.72 Å². The van der Waals surface area contributed by atoms with Crippen molar-refractivity contribution < 1.29 is 22.1 Å². The van der Waals surface area contributed by atoms with Gasteiger partial charge in [0.15, 0.2) is 0 Å². The highest BCUT2D eigenvalue weighted by atomic mass is 79.9. The maximum Gasteiger partial charge on any atom is 0.336 e. The molecule has 190 valence electrons. The Balaban J connectivity index is 1.51. The molecule has 0 saturated heterocycles. The lowest BCUT2D eigenvalue weighted by Gasteiger charge is -2.46. The summed E-state index contributed by atoms with van der Waals surface area (Å²) in [4.78, 5) is 0. The molecule has 6 nitrogen and oxygen atoms in total. The molecule has 2 heterocycles. The Bertz CT molecular complexity index is 1400. The van der Waals surface area contributed by atoms with Crippen LogP contribution in [0.1, 0.15) is 47.6 Å². The highest BCUT2D eigenvalue weighted by Gasteiger charge is 2.49. The Kier molecular flexibility index (Phi) is 7.00. The van der Waals surface area contributed by atoms with Crippen LogP contribution in [0.25, 0.3) is 0 Å². The van der Waals surface area contributed by atoms with Gasteiger partial charge in [0.2, 0.25) is 3.79 Å². The van der Waals surface area contributed by atoms with Crippen LogP contribution in [0.15, 0.2) is 71.2 Å². The Morgan fingerprint density at radius 1 is 1.06 bits per heavy atom. The molecule has 11 heteroatoms. The minimum atomic E-state index is -4.16. The van der Waals surface area contributed by atoms with Gasteiger partial charge in [-0.2, -0.15) is 13.1 Å². The highest BCUT2D eigenvalue weighted by Crippen LogP contribution is 2.55. The first-order valence-corrected chi connectivity index (χ1v) is 14.4. The minimum absolute atomic E-state index is 0.0421. The third-order valence-corrected chi connectivity index (χ3v) is 8.08. The number of alkyl halides is 3. The van der Waals surface area contributed by atoms with Crippen molar-refractivity contribution in [2.24, 2.45) is 0 Å². The number of fused-ring (bicyclic) bond motifs is 6. The summed E-state index contributed by atoms with van der Waals surface area (Å²) in [5, 5.41) is 0. The van der Waals surface area contributed by atoms with Gasteiger partial charge in [0.25, 0.3) is 5.79 Å². The van der Waals surface area contributed by atoms with Crippen molar-refractivity contribution in [2.75, 3.05) is 6.61 Å². The maximum absolute atomic E-state index is 12.4. The molecule has 5 rings (SSSR count). The largest absolute Gasteiger partial charge is 0.448 e. The molecule has 1 unspecified atom stereocenters. The molecular weight excluding hydrogens is 613 g/mol. The third kappa shape index (κ3) is 5.36. The van der Waals surface area contributed by atoms with Crippen LogP contribution in [0.5, 0.6) is 11.5 Å². The summed E-state index contributed by atoms with van der Waals surface area (Å²) in [5.41, 5.74) is 3.62. The van der Waals surface area contributed by atoms with Crippen LogP contribution in [-0.4, -0.2) is 18.8 Å². The summed E-state index contributed by atoms with van der Waals surface area (Å²) < 4.78 is 44.1. The first kappa shape index (κ1) is 26.1. The third-order valence-electron chi connectivity index (χ3n) is 6.19. The van der Waals surface area contributed by atoms with Crippen molar-refractivity contribution in [3.63, 3.8) is 0 Å². The van der Waals surface area contributed by atoms with Gasteiger partial charge < -0.3 is 9.47 Å². The summed E-state index contributed by atoms with van der Waals surface area (Å²) in [7, 11) is -4.16. The maximum atomic E-state index is 12.4. The molecule has 3 atom stereocenters. The van der Waals surface area contributed by atoms with Gasteiger partial charge in [-0.3, -0.25) is 4.18 Å². The average Bonchev–Trinajstić information content (AvgIpc) is 2.83. The molecule has 3 aromatic carbocycles. The zero-order valence-electron chi connectivity index (χ0n) is 18.9. The lowest BCUT2D eigenvalue weighted by molar-refractivity contribution is -0.148. The fourth-order valence-corrected chi connectivity index (χ4v) is 6.30.